The maximum Gasteiger partial charge on any atom is 0.207 e. The Bertz CT molecular complexity index is 908. The number of nitrogens with one attached hydrogen (secondary N) is 1. The molecule has 0 radical (unpaired) electrons. The lowest BCUT2D eigenvalue weighted by Gasteiger charge is -2.19. The molecule has 0 saturated carbocycles. The monoisotopic (exact) mass is 379 g/mol. The molecule has 0 fully saturated rings. The highest BCUT2D eigenvalue weighted by molar-refractivity contribution is 5.75. The van der Waals surface area contributed by atoms with Gasteiger partial charge in [-0.3, -0.25) is 4.79 Å². The zero-order valence-electron chi connectivity index (χ0n) is 16.9. The first kappa shape index (κ1) is 19.9. The first-order valence-electron chi connectivity index (χ1n) is 9.83. The van der Waals surface area contributed by atoms with E-state index in [2.05, 4.69) is 48.9 Å². The molecule has 1 heterocycles. The molecule has 2 aromatic carbocycles. The van der Waals surface area contributed by atoms with Crippen molar-refractivity contribution in [2.45, 2.75) is 45.6 Å². The summed E-state index contributed by atoms with van der Waals surface area (Å²) in [4.78, 5) is 15.2. The van der Waals surface area contributed by atoms with E-state index in [1.165, 1.54) is 5.56 Å². The van der Waals surface area contributed by atoms with Crippen LogP contribution in [0.15, 0.2) is 48.5 Å². The fraction of sp³-hybridized carbons (Fsp3) is 0.391. The minimum atomic E-state index is 0.141. The number of benzene rings is 2. The summed E-state index contributed by atoms with van der Waals surface area (Å²) < 4.78 is 8.21. The number of fused-ring (bicyclic) bond motifs is 1. The van der Waals surface area contributed by atoms with Gasteiger partial charge in [-0.05, 0) is 41.7 Å². The molecule has 0 unspecified atom stereocenters. The predicted octanol–water partition coefficient (Wildman–Crippen LogP) is 4.09. The average molecular weight is 380 g/mol. The Morgan fingerprint density at radius 2 is 1.86 bits per heavy atom. The van der Waals surface area contributed by atoms with Crippen LogP contribution in [0.3, 0.4) is 0 Å². The van der Waals surface area contributed by atoms with Gasteiger partial charge in [-0.25, -0.2) is 4.98 Å². The lowest BCUT2D eigenvalue weighted by Crippen LogP contribution is -2.15. The summed E-state index contributed by atoms with van der Waals surface area (Å²) in [6, 6.07) is 16.5. The third-order valence-electron chi connectivity index (χ3n) is 4.84. The molecule has 1 N–H and O–H groups in total. The molecule has 3 rings (SSSR count). The number of ether oxygens (including phenoxy) is 1. The molecule has 148 valence electrons. The lowest BCUT2D eigenvalue weighted by molar-refractivity contribution is -0.109. The summed E-state index contributed by atoms with van der Waals surface area (Å²) in [5.41, 5.74) is 3.55. The number of carbonyl (C=O) groups excluding carboxylic acids is 1. The van der Waals surface area contributed by atoms with Gasteiger partial charge in [-0.2, -0.15) is 0 Å². The Hall–Kier alpha value is -2.82. The number of imidazole rings is 1. The summed E-state index contributed by atoms with van der Waals surface area (Å²) in [5, 5.41) is 2.71. The van der Waals surface area contributed by atoms with Crippen LogP contribution in [0.1, 0.15) is 38.6 Å². The van der Waals surface area contributed by atoms with Gasteiger partial charge < -0.3 is 14.6 Å². The Balaban J connectivity index is 1.66. The van der Waals surface area contributed by atoms with Gasteiger partial charge >= 0.3 is 0 Å². The highest BCUT2D eigenvalue weighted by atomic mass is 16.5. The Morgan fingerprint density at radius 3 is 2.57 bits per heavy atom. The lowest BCUT2D eigenvalue weighted by atomic mass is 9.87. The van der Waals surface area contributed by atoms with E-state index < -0.39 is 0 Å². The summed E-state index contributed by atoms with van der Waals surface area (Å²) in [6.45, 7) is 8.59. The maximum absolute atomic E-state index is 10.4. The molecule has 0 aliphatic heterocycles. The van der Waals surface area contributed by atoms with E-state index in [1.54, 1.807) is 0 Å². The number of hydrogen-bond acceptors (Lipinski definition) is 3. The Labute approximate surface area is 166 Å². The van der Waals surface area contributed by atoms with Crippen LogP contribution in [0.2, 0.25) is 0 Å². The van der Waals surface area contributed by atoms with E-state index in [4.69, 9.17) is 9.72 Å². The summed E-state index contributed by atoms with van der Waals surface area (Å²) in [6.07, 6.45) is 2.41. The molecule has 0 bridgehead atoms. The maximum atomic E-state index is 10.4. The zero-order valence-corrected chi connectivity index (χ0v) is 16.9. The molecule has 0 saturated heterocycles. The van der Waals surface area contributed by atoms with Gasteiger partial charge in [0, 0.05) is 13.0 Å². The van der Waals surface area contributed by atoms with Crippen molar-refractivity contribution >= 4 is 17.4 Å². The van der Waals surface area contributed by atoms with Crippen molar-refractivity contribution < 1.29 is 9.53 Å². The van der Waals surface area contributed by atoms with Gasteiger partial charge in [-0.1, -0.05) is 45.0 Å². The molecular formula is C23H29N3O2. The van der Waals surface area contributed by atoms with Crippen LogP contribution in [-0.2, 0) is 23.2 Å². The van der Waals surface area contributed by atoms with Crippen LogP contribution >= 0.6 is 0 Å². The second-order valence-corrected chi connectivity index (χ2v) is 7.97. The third kappa shape index (κ3) is 4.91. The van der Waals surface area contributed by atoms with Crippen LogP contribution < -0.4 is 10.1 Å². The minimum absolute atomic E-state index is 0.141. The number of nitrogens with zero attached hydrogens (tertiary/aromatic N) is 2. The van der Waals surface area contributed by atoms with Crippen LogP contribution in [-0.4, -0.2) is 29.1 Å². The van der Waals surface area contributed by atoms with Crippen molar-refractivity contribution in [2.75, 3.05) is 13.2 Å². The van der Waals surface area contributed by atoms with Crippen molar-refractivity contribution in [3.63, 3.8) is 0 Å². The van der Waals surface area contributed by atoms with Crippen molar-refractivity contribution in [1.29, 1.82) is 0 Å². The van der Waals surface area contributed by atoms with Crippen molar-refractivity contribution in [3.8, 4) is 5.75 Å². The standard InChI is InChI=1S/C23H29N3O2/c1-23(2,3)18-10-12-19(13-11-18)28-16-15-26-21-8-5-4-7-20(21)25-22(26)9-6-14-24-17-27/h4-5,7-8,10-13,17H,6,9,14-16H2,1-3H3,(H,24,27). The van der Waals surface area contributed by atoms with Gasteiger partial charge in [0.1, 0.15) is 18.2 Å². The smallest absolute Gasteiger partial charge is 0.207 e. The molecule has 28 heavy (non-hydrogen) atoms. The molecule has 1 aromatic heterocycles. The van der Waals surface area contributed by atoms with Gasteiger partial charge in [0.15, 0.2) is 0 Å². The number of para-hydroxylation sites is 2. The van der Waals surface area contributed by atoms with Gasteiger partial charge in [0.25, 0.3) is 0 Å². The fourth-order valence-electron chi connectivity index (χ4n) is 3.28. The highest BCUT2D eigenvalue weighted by Crippen LogP contribution is 2.24. The molecule has 5 nitrogen and oxygen atoms in total. The van der Waals surface area contributed by atoms with E-state index >= 15 is 0 Å². The highest BCUT2D eigenvalue weighted by Gasteiger charge is 2.13. The molecule has 5 heteroatoms. The van der Waals surface area contributed by atoms with Crippen LogP contribution in [0, 0.1) is 0 Å². The Morgan fingerprint density at radius 1 is 1.11 bits per heavy atom. The largest absolute Gasteiger partial charge is 0.492 e. The summed E-state index contributed by atoms with van der Waals surface area (Å²) >= 11 is 0. The van der Waals surface area contributed by atoms with E-state index in [-0.39, 0.29) is 5.41 Å². The summed E-state index contributed by atoms with van der Waals surface area (Å²) in [7, 11) is 0. The first-order valence-corrected chi connectivity index (χ1v) is 9.83. The minimum Gasteiger partial charge on any atom is -0.492 e. The number of hydrogen-bond donors (Lipinski definition) is 1. The van der Waals surface area contributed by atoms with Gasteiger partial charge in [-0.15, -0.1) is 0 Å². The average Bonchev–Trinajstić information content (AvgIpc) is 3.03. The molecule has 0 atom stereocenters. The van der Waals surface area contributed by atoms with E-state index in [9.17, 15) is 4.79 Å². The van der Waals surface area contributed by atoms with E-state index in [1.807, 2.05) is 30.3 Å². The number of rotatable bonds is 9. The molecule has 3 aromatic rings. The number of amides is 1. The van der Waals surface area contributed by atoms with Crippen LogP contribution in [0.5, 0.6) is 5.75 Å². The molecule has 1 amide bonds. The van der Waals surface area contributed by atoms with Crippen molar-refractivity contribution in [1.82, 2.24) is 14.9 Å². The van der Waals surface area contributed by atoms with E-state index in [0.717, 1.165) is 48.4 Å². The molecule has 0 aliphatic rings. The quantitative estimate of drug-likeness (QED) is 0.450. The first-order chi connectivity index (χ1) is 13.5. The summed E-state index contributed by atoms with van der Waals surface area (Å²) in [5.74, 6) is 1.91. The predicted molar refractivity (Wildman–Crippen MR) is 113 cm³/mol. The fourth-order valence-corrected chi connectivity index (χ4v) is 3.28. The SMILES string of the molecule is CC(C)(C)c1ccc(OCCn2c(CCCNC=O)nc3ccccc32)cc1. The van der Waals surface area contributed by atoms with Gasteiger partial charge in [0.05, 0.1) is 17.6 Å². The second kappa shape index (κ2) is 8.91. The molecule has 0 aliphatic carbocycles. The number of carbonyl (C=O) groups is 1. The normalized spacial score (nSPS) is 11.5. The second-order valence-electron chi connectivity index (χ2n) is 7.97. The topological polar surface area (TPSA) is 56.1 Å². The van der Waals surface area contributed by atoms with Crippen molar-refractivity contribution in [3.05, 3.63) is 59.9 Å². The Kier molecular flexibility index (Phi) is 6.34. The van der Waals surface area contributed by atoms with Crippen LogP contribution in [0.4, 0.5) is 0 Å². The van der Waals surface area contributed by atoms with Crippen molar-refractivity contribution in [2.24, 2.45) is 0 Å². The van der Waals surface area contributed by atoms with E-state index in [0.29, 0.717) is 13.2 Å². The number of aromatic nitrogens is 2. The zero-order chi connectivity index (χ0) is 20.0. The molecule has 0 spiro atoms. The third-order valence-corrected chi connectivity index (χ3v) is 4.84. The molecular weight excluding hydrogens is 350 g/mol. The van der Waals surface area contributed by atoms with Gasteiger partial charge in [0.2, 0.25) is 6.41 Å². The van der Waals surface area contributed by atoms with Crippen LogP contribution in [0.25, 0.3) is 11.0 Å². The number of aryl methyl sites for hydroxylation is 1.